The predicted molar refractivity (Wildman–Crippen MR) is 129 cm³/mol. The summed E-state index contributed by atoms with van der Waals surface area (Å²) < 4.78 is 17.3. The Bertz CT molecular complexity index is 1080. The van der Waals surface area contributed by atoms with E-state index in [0.717, 1.165) is 48.8 Å². The van der Waals surface area contributed by atoms with Crippen LogP contribution in [0.1, 0.15) is 10.4 Å². The number of methoxy groups -OCH3 is 1. The Morgan fingerprint density at radius 3 is 2.69 bits per heavy atom. The molecule has 1 aliphatic rings. The van der Waals surface area contributed by atoms with Crippen LogP contribution in [0.5, 0.6) is 11.5 Å². The van der Waals surface area contributed by atoms with Gasteiger partial charge >= 0.3 is 0 Å². The van der Waals surface area contributed by atoms with Crippen LogP contribution in [0.25, 0.3) is 10.2 Å². The first-order valence-corrected chi connectivity index (χ1v) is 11.4. The van der Waals surface area contributed by atoms with Gasteiger partial charge in [0.05, 0.1) is 30.5 Å². The summed E-state index contributed by atoms with van der Waals surface area (Å²) in [4.78, 5) is 19.2. The number of morpholine rings is 1. The molecule has 2 heterocycles. The van der Waals surface area contributed by atoms with Crippen molar-refractivity contribution in [1.82, 2.24) is 15.2 Å². The van der Waals surface area contributed by atoms with Crippen LogP contribution in [0.3, 0.4) is 0 Å². The lowest BCUT2D eigenvalue weighted by Gasteiger charge is -2.26. The Labute approximate surface area is 195 Å². The molecule has 1 aromatic heterocycles. The van der Waals surface area contributed by atoms with Gasteiger partial charge in [-0.3, -0.25) is 15.0 Å². The largest absolute Gasteiger partial charge is 0.497 e. The number of benzene rings is 2. The number of ether oxygens (including phenoxy) is 3. The Balaban J connectivity index is 1.30. The average Bonchev–Trinajstić information content (AvgIpc) is 3.21. The fourth-order valence-corrected chi connectivity index (χ4v) is 4.36. The van der Waals surface area contributed by atoms with Crippen molar-refractivity contribution in [3.63, 3.8) is 0 Å². The van der Waals surface area contributed by atoms with Gasteiger partial charge < -0.3 is 19.5 Å². The van der Waals surface area contributed by atoms with Gasteiger partial charge in [-0.25, -0.2) is 4.98 Å². The summed E-state index contributed by atoms with van der Waals surface area (Å²) in [6.07, 6.45) is 0. The topological polar surface area (TPSA) is 85.0 Å². The second kappa shape index (κ2) is 10.7. The van der Waals surface area contributed by atoms with Gasteiger partial charge in [-0.2, -0.15) is 0 Å². The fraction of sp³-hybridized carbons (Fsp3) is 0.318. The molecule has 168 valence electrons. The number of carbonyl (C=O) groups excluding carboxylic acids is 1. The Morgan fingerprint density at radius 1 is 1.19 bits per heavy atom. The predicted octanol–water partition coefficient (Wildman–Crippen LogP) is 3.14. The SMILES string of the molecule is COc1ccc(C(=O)NC(=S)Nc2nc3ccc(OCCN4CCOCC4)cc3s2)cc1. The number of amides is 1. The van der Waals surface area contributed by atoms with Crippen LogP contribution in [0.15, 0.2) is 42.5 Å². The standard InChI is InChI=1S/C22H24N4O4S2/c1-28-16-4-2-15(3-5-16)20(27)24-21(31)25-22-23-18-7-6-17(14-19(18)32-22)30-13-10-26-8-11-29-12-9-26/h2-7,14H,8-13H2,1H3,(H2,23,24,25,27,31). The van der Waals surface area contributed by atoms with Gasteiger partial charge in [0.25, 0.3) is 5.91 Å². The molecule has 0 unspecified atom stereocenters. The van der Waals surface area contributed by atoms with E-state index in [1.165, 1.54) is 11.3 Å². The van der Waals surface area contributed by atoms with E-state index in [4.69, 9.17) is 26.4 Å². The van der Waals surface area contributed by atoms with Gasteiger partial charge in [0.2, 0.25) is 0 Å². The molecule has 1 aliphatic heterocycles. The van der Waals surface area contributed by atoms with E-state index in [2.05, 4.69) is 20.5 Å². The van der Waals surface area contributed by atoms with Crippen LogP contribution in [0, 0.1) is 0 Å². The second-order valence-electron chi connectivity index (χ2n) is 7.09. The molecule has 0 saturated carbocycles. The summed E-state index contributed by atoms with van der Waals surface area (Å²) in [5.41, 5.74) is 1.32. The zero-order valence-electron chi connectivity index (χ0n) is 17.6. The lowest BCUT2D eigenvalue weighted by molar-refractivity contribution is 0.0322. The Hall–Kier alpha value is -2.79. The number of aromatic nitrogens is 1. The monoisotopic (exact) mass is 472 g/mol. The van der Waals surface area contributed by atoms with Gasteiger partial charge in [0.15, 0.2) is 10.2 Å². The summed E-state index contributed by atoms with van der Waals surface area (Å²) in [5.74, 6) is 1.18. The molecule has 0 radical (unpaired) electrons. The minimum Gasteiger partial charge on any atom is -0.497 e. The van der Waals surface area contributed by atoms with E-state index < -0.39 is 0 Å². The molecule has 10 heteroatoms. The van der Waals surface area contributed by atoms with E-state index >= 15 is 0 Å². The molecule has 0 atom stereocenters. The molecule has 0 aliphatic carbocycles. The molecule has 1 saturated heterocycles. The molecular weight excluding hydrogens is 448 g/mol. The van der Waals surface area contributed by atoms with Crippen molar-refractivity contribution < 1.29 is 19.0 Å². The van der Waals surface area contributed by atoms with Crippen LogP contribution in [-0.2, 0) is 4.74 Å². The average molecular weight is 473 g/mol. The van der Waals surface area contributed by atoms with E-state index in [1.807, 2.05) is 18.2 Å². The normalized spacial score (nSPS) is 14.2. The van der Waals surface area contributed by atoms with Crippen LogP contribution in [-0.4, -0.2) is 67.5 Å². The van der Waals surface area contributed by atoms with Crippen molar-refractivity contribution in [1.29, 1.82) is 0 Å². The number of rotatable bonds is 7. The van der Waals surface area contributed by atoms with Gasteiger partial charge in [0, 0.05) is 25.2 Å². The van der Waals surface area contributed by atoms with Crippen molar-refractivity contribution in [3.05, 3.63) is 48.0 Å². The lowest BCUT2D eigenvalue weighted by atomic mass is 10.2. The maximum absolute atomic E-state index is 12.4. The number of carbonyl (C=O) groups is 1. The summed E-state index contributed by atoms with van der Waals surface area (Å²) in [7, 11) is 1.58. The highest BCUT2D eigenvalue weighted by Crippen LogP contribution is 2.29. The van der Waals surface area contributed by atoms with Crippen molar-refractivity contribution in [2.45, 2.75) is 0 Å². The molecule has 4 rings (SSSR count). The van der Waals surface area contributed by atoms with Gasteiger partial charge in [-0.15, -0.1) is 0 Å². The molecule has 1 amide bonds. The molecule has 3 aromatic rings. The van der Waals surface area contributed by atoms with E-state index in [1.54, 1.807) is 31.4 Å². The number of hydrogen-bond acceptors (Lipinski definition) is 8. The number of nitrogens with zero attached hydrogens (tertiary/aromatic N) is 2. The lowest BCUT2D eigenvalue weighted by Crippen LogP contribution is -2.38. The molecule has 8 nitrogen and oxygen atoms in total. The zero-order chi connectivity index (χ0) is 22.3. The maximum Gasteiger partial charge on any atom is 0.257 e. The van der Waals surface area contributed by atoms with Crippen LogP contribution >= 0.6 is 23.6 Å². The molecule has 2 N–H and O–H groups in total. The number of anilines is 1. The highest BCUT2D eigenvalue weighted by atomic mass is 32.1. The number of nitrogens with one attached hydrogen (secondary N) is 2. The summed E-state index contributed by atoms with van der Waals surface area (Å²) in [5, 5.41) is 6.44. The van der Waals surface area contributed by atoms with Crippen molar-refractivity contribution in [3.8, 4) is 11.5 Å². The summed E-state index contributed by atoms with van der Waals surface area (Å²) in [6.45, 7) is 4.95. The van der Waals surface area contributed by atoms with Gasteiger partial charge in [-0.05, 0) is 54.7 Å². The fourth-order valence-electron chi connectivity index (χ4n) is 3.21. The quantitative estimate of drug-likeness (QED) is 0.508. The van der Waals surface area contributed by atoms with Gasteiger partial charge in [-0.1, -0.05) is 11.3 Å². The third-order valence-corrected chi connectivity index (χ3v) is 6.08. The summed E-state index contributed by atoms with van der Waals surface area (Å²) in [6, 6.07) is 12.6. The highest BCUT2D eigenvalue weighted by molar-refractivity contribution is 7.80. The highest BCUT2D eigenvalue weighted by Gasteiger charge is 2.12. The minimum absolute atomic E-state index is 0.187. The number of fused-ring (bicyclic) bond motifs is 1. The first kappa shape index (κ1) is 22.4. The van der Waals surface area contributed by atoms with Crippen molar-refractivity contribution >= 4 is 49.9 Å². The number of thiazole rings is 1. The first-order chi connectivity index (χ1) is 15.6. The van der Waals surface area contributed by atoms with E-state index in [-0.39, 0.29) is 11.0 Å². The molecule has 0 spiro atoms. The third kappa shape index (κ3) is 5.92. The second-order valence-corrected chi connectivity index (χ2v) is 8.53. The number of hydrogen-bond donors (Lipinski definition) is 2. The van der Waals surface area contributed by atoms with Crippen LogP contribution < -0.4 is 20.1 Å². The van der Waals surface area contributed by atoms with E-state index in [9.17, 15) is 4.79 Å². The van der Waals surface area contributed by atoms with E-state index in [0.29, 0.717) is 23.1 Å². The third-order valence-electron chi connectivity index (χ3n) is 4.94. The van der Waals surface area contributed by atoms with Crippen molar-refractivity contribution in [2.24, 2.45) is 0 Å². The Morgan fingerprint density at radius 2 is 1.94 bits per heavy atom. The molecular formula is C22H24N4O4S2. The molecule has 32 heavy (non-hydrogen) atoms. The summed E-state index contributed by atoms with van der Waals surface area (Å²) >= 11 is 6.72. The van der Waals surface area contributed by atoms with Gasteiger partial charge in [0.1, 0.15) is 18.1 Å². The smallest absolute Gasteiger partial charge is 0.257 e. The van der Waals surface area contributed by atoms with Crippen LogP contribution in [0.2, 0.25) is 0 Å². The first-order valence-electron chi connectivity index (χ1n) is 10.2. The molecule has 0 bridgehead atoms. The molecule has 2 aromatic carbocycles. The van der Waals surface area contributed by atoms with Crippen LogP contribution in [0.4, 0.5) is 5.13 Å². The molecule has 1 fully saturated rings. The zero-order valence-corrected chi connectivity index (χ0v) is 19.3. The Kier molecular flexibility index (Phi) is 7.48. The maximum atomic E-state index is 12.4. The number of thiocarbonyl (C=S) groups is 1. The minimum atomic E-state index is -0.304. The van der Waals surface area contributed by atoms with Crippen molar-refractivity contribution in [2.75, 3.05) is 51.9 Å².